The highest BCUT2D eigenvalue weighted by Gasteiger charge is 2.24. The molecule has 1 aromatic heterocycles. The van der Waals surface area contributed by atoms with E-state index < -0.39 is 11.9 Å². The van der Waals surface area contributed by atoms with E-state index in [0.29, 0.717) is 17.9 Å². The number of nitrogens with two attached hydrogens (primary N) is 1. The zero-order chi connectivity index (χ0) is 13.7. The number of carbonyl (C=O) groups is 2. The van der Waals surface area contributed by atoms with Gasteiger partial charge in [-0.15, -0.1) is 0 Å². The highest BCUT2D eigenvalue weighted by molar-refractivity contribution is 5.96. The van der Waals surface area contributed by atoms with Crippen molar-refractivity contribution in [2.45, 2.75) is 44.6 Å². The molecule has 5 nitrogen and oxygen atoms in total. The SMILES string of the molecule is NC(=O)[C@H](CC1CCCCC1)NC(=O)c1ccoc1. The van der Waals surface area contributed by atoms with Crippen molar-refractivity contribution in [1.82, 2.24) is 5.32 Å². The van der Waals surface area contributed by atoms with Gasteiger partial charge in [0.2, 0.25) is 5.91 Å². The van der Waals surface area contributed by atoms with Crippen LogP contribution in [0.2, 0.25) is 0 Å². The Kier molecular flexibility index (Phi) is 4.60. The second-order valence-corrected chi connectivity index (χ2v) is 5.18. The van der Waals surface area contributed by atoms with Gasteiger partial charge in [0.1, 0.15) is 12.3 Å². The Balaban J connectivity index is 1.92. The fraction of sp³-hybridized carbons (Fsp3) is 0.571. The fourth-order valence-corrected chi connectivity index (χ4v) is 2.64. The first-order valence-electron chi connectivity index (χ1n) is 6.79. The highest BCUT2D eigenvalue weighted by Crippen LogP contribution is 2.27. The third kappa shape index (κ3) is 3.84. The smallest absolute Gasteiger partial charge is 0.255 e. The quantitative estimate of drug-likeness (QED) is 0.850. The van der Waals surface area contributed by atoms with Crippen LogP contribution in [0.25, 0.3) is 0 Å². The number of furan rings is 1. The molecular weight excluding hydrogens is 244 g/mol. The van der Waals surface area contributed by atoms with Crippen LogP contribution in [0.4, 0.5) is 0 Å². The predicted molar refractivity (Wildman–Crippen MR) is 70.3 cm³/mol. The molecule has 1 aliphatic carbocycles. The van der Waals surface area contributed by atoms with Crippen LogP contribution in [-0.4, -0.2) is 17.9 Å². The molecule has 1 saturated carbocycles. The summed E-state index contributed by atoms with van der Waals surface area (Å²) in [5.41, 5.74) is 5.79. The molecule has 1 atom stereocenters. The number of hydrogen-bond acceptors (Lipinski definition) is 3. The van der Waals surface area contributed by atoms with Crippen LogP contribution in [0, 0.1) is 5.92 Å². The maximum Gasteiger partial charge on any atom is 0.255 e. The van der Waals surface area contributed by atoms with Crippen molar-refractivity contribution in [3.8, 4) is 0 Å². The van der Waals surface area contributed by atoms with Crippen molar-refractivity contribution < 1.29 is 14.0 Å². The first kappa shape index (κ1) is 13.6. The molecule has 1 fully saturated rings. The average molecular weight is 264 g/mol. The van der Waals surface area contributed by atoms with Crippen molar-refractivity contribution in [1.29, 1.82) is 0 Å². The van der Waals surface area contributed by atoms with Gasteiger partial charge in [0, 0.05) is 0 Å². The van der Waals surface area contributed by atoms with Gasteiger partial charge in [-0.25, -0.2) is 0 Å². The summed E-state index contributed by atoms with van der Waals surface area (Å²) in [5, 5.41) is 2.69. The summed E-state index contributed by atoms with van der Waals surface area (Å²) in [7, 11) is 0. The molecular formula is C14H20N2O3. The van der Waals surface area contributed by atoms with Crippen molar-refractivity contribution in [2.75, 3.05) is 0 Å². The van der Waals surface area contributed by atoms with Gasteiger partial charge in [-0.2, -0.15) is 0 Å². The maximum absolute atomic E-state index is 11.9. The van der Waals surface area contributed by atoms with E-state index in [1.54, 1.807) is 6.07 Å². The molecule has 0 unspecified atom stereocenters. The fourth-order valence-electron chi connectivity index (χ4n) is 2.64. The van der Waals surface area contributed by atoms with E-state index in [-0.39, 0.29) is 5.91 Å². The van der Waals surface area contributed by atoms with Crippen molar-refractivity contribution >= 4 is 11.8 Å². The van der Waals surface area contributed by atoms with Gasteiger partial charge < -0.3 is 15.5 Å². The molecule has 2 rings (SSSR count). The van der Waals surface area contributed by atoms with Gasteiger partial charge in [0.25, 0.3) is 5.91 Å². The van der Waals surface area contributed by atoms with E-state index in [1.807, 2.05) is 0 Å². The Bertz CT molecular complexity index is 422. The maximum atomic E-state index is 11.9. The van der Waals surface area contributed by atoms with Gasteiger partial charge in [0.05, 0.1) is 11.8 Å². The van der Waals surface area contributed by atoms with E-state index in [4.69, 9.17) is 10.2 Å². The molecule has 19 heavy (non-hydrogen) atoms. The lowest BCUT2D eigenvalue weighted by Gasteiger charge is -2.25. The topological polar surface area (TPSA) is 85.3 Å². The molecule has 104 valence electrons. The van der Waals surface area contributed by atoms with Gasteiger partial charge in [0.15, 0.2) is 0 Å². The Hall–Kier alpha value is -1.78. The number of primary amides is 1. The summed E-state index contributed by atoms with van der Waals surface area (Å²) in [5.74, 6) is -0.299. The largest absolute Gasteiger partial charge is 0.472 e. The second kappa shape index (κ2) is 6.41. The number of carbonyl (C=O) groups excluding carboxylic acids is 2. The minimum Gasteiger partial charge on any atom is -0.472 e. The Labute approximate surface area is 112 Å². The molecule has 0 radical (unpaired) electrons. The van der Waals surface area contributed by atoms with Crippen molar-refractivity contribution in [2.24, 2.45) is 11.7 Å². The average Bonchev–Trinajstić information content (AvgIpc) is 2.93. The zero-order valence-electron chi connectivity index (χ0n) is 10.9. The summed E-state index contributed by atoms with van der Waals surface area (Å²) in [6.45, 7) is 0. The molecule has 0 bridgehead atoms. The summed E-state index contributed by atoms with van der Waals surface area (Å²) in [6.07, 6.45) is 9.32. The lowest BCUT2D eigenvalue weighted by molar-refractivity contribution is -0.120. The molecule has 2 amide bonds. The van der Waals surface area contributed by atoms with E-state index >= 15 is 0 Å². The number of hydrogen-bond donors (Lipinski definition) is 2. The summed E-state index contributed by atoms with van der Waals surface area (Å²) < 4.78 is 4.85. The van der Waals surface area contributed by atoms with Crippen LogP contribution < -0.4 is 11.1 Å². The summed E-state index contributed by atoms with van der Waals surface area (Å²) in [6, 6.07) is 0.971. The van der Waals surface area contributed by atoms with E-state index in [9.17, 15) is 9.59 Å². The lowest BCUT2D eigenvalue weighted by Crippen LogP contribution is -2.45. The van der Waals surface area contributed by atoms with E-state index in [1.165, 1.54) is 31.8 Å². The van der Waals surface area contributed by atoms with Gasteiger partial charge in [-0.1, -0.05) is 32.1 Å². The lowest BCUT2D eigenvalue weighted by atomic mass is 9.84. The number of rotatable bonds is 5. The molecule has 1 heterocycles. The first-order valence-corrected chi connectivity index (χ1v) is 6.79. The van der Waals surface area contributed by atoms with Gasteiger partial charge in [-0.3, -0.25) is 9.59 Å². The van der Waals surface area contributed by atoms with Gasteiger partial charge in [-0.05, 0) is 18.4 Å². The second-order valence-electron chi connectivity index (χ2n) is 5.18. The molecule has 0 aromatic carbocycles. The highest BCUT2D eigenvalue weighted by atomic mass is 16.3. The van der Waals surface area contributed by atoms with E-state index in [2.05, 4.69) is 5.32 Å². The Morgan fingerprint density at radius 3 is 2.68 bits per heavy atom. The standard InChI is InChI=1S/C14H20N2O3/c15-13(17)12(8-10-4-2-1-3-5-10)16-14(18)11-6-7-19-9-11/h6-7,9-10,12H,1-5,8H2,(H2,15,17)(H,16,18)/t12-/m0/s1. The van der Waals surface area contributed by atoms with Crippen LogP contribution in [0.1, 0.15) is 48.9 Å². The molecule has 0 aliphatic heterocycles. The van der Waals surface area contributed by atoms with Crippen molar-refractivity contribution in [3.63, 3.8) is 0 Å². The number of nitrogens with one attached hydrogen (secondary N) is 1. The van der Waals surface area contributed by atoms with Crippen LogP contribution in [-0.2, 0) is 4.79 Å². The molecule has 0 saturated heterocycles. The van der Waals surface area contributed by atoms with Crippen LogP contribution in [0.15, 0.2) is 23.0 Å². The normalized spacial score (nSPS) is 17.9. The predicted octanol–water partition coefficient (Wildman–Crippen LogP) is 1.83. The minimum absolute atomic E-state index is 0.312. The molecule has 1 aromatic rings. The number of amides is 2. The van der Waals surface area contributed by atoms with Crippen LogP contribution >= 0.6 is 0 Å². The third-order valence-electron chi connectivity index (χ3n) is 3.73. The first-order chi connectivity index (χ1) is 9.16. The minimum atomic E-state index is -0.592. The third-order valence-corrected chi connectivity index (χ3v) is 3.73. The summed E-state index contributed by atoms with van der Waals surface area (Å²) in [4.78, 5) is 23.3. The summed E-state index contributed by atoms with van der Waals surface area (Å²) >= 11 is 0. The Morgan fingerprint density at radius 1 is 1.37 bits per heavy atom. The van der Waals surface area contributed by atoms with Gasteiger partial charge >= 0.3 is 0 Å². The van der Waals surface area contributed by atoms with Crippen molar-refractivity contribution in [3.05, 3.63) is 24.2 Å². The van der Waals surface area contributed by atoms with Crippen LogP contribution in [0.5, 0.6) is 0 Å². The molecule has 1 aliphatic rings. The zero-order valence-corrected chi connectivity index (χ0v) is 10.9. The van der Waals surface area contributed by atoms with Crippen LogP contribution in [0.3, 0.4) is 0 Å². The Morgan fingerprint density at radius 2 is 2.11 bits per heavy atom. The molecule has 3 N–H and O–H groups in total. The van der Waals surface area contributed by atoms with E-state index in [0.717, 1.165) is 12.8 Å². The monoisotopic (exact) mass is 264 g/mol. The molecule has 0 spiro atoms. The molecule has 5 heteroatoms.